The molecule has 31 heavy (non-hydrogen) atoms. The van der Waals surface area contributed by atoms with Gasteiger partial charge in [0.25, 0.3) is 0 Å². The number of rotatable bonds is 8. The molecule has 0 saturated carbocycles. The number of thioether (sulfide) groups is 1. The molecule has 3 unspecified atom stereocenters. The van der Waals surface area contributed by atoms with E-state index in [1.54, 1.807) is 11.8 Å². The lowest BCUT2D eigenvalue weighted by molar-refractivity contribution is -0.135. The zero-order chi connectivity index (χ0) is 21.8. The van der Waals surface area contributed by atoms with E-state index >= 15 is 0 Å². The monoisotopic (exact) mass is 465 g/mol. The molecule has 0 radical (unpaired) electrons. The topological polar surface area (TPSA) is 71.0 Å². The number of carbonyl (C=O) groups is 2. The van der Waals surface area contributed by atoms with Gasteiger partial charge in [0.1, 0.15) is 9.28 Å². The fraction of sp³-hybridized carbons (Fsp3) is 0.696. The Morgan fingerprint density at radius 1 is 1.35 bits per heavy atom. The van der Waals surface area contributed by atoms with E-state index in [1.807, 2.05) is 4.90 Å². The summed E-state index contributed by atoms with van der Waals surface area (Å²) in [6, 6.07) is 0.628. The first-order valence-corrected chi connectivity index (χ1v) is 14.0. The van der Waals surface area contributed by atoms with Crippen molar-refractivity contribution in [3.8, 4) is 0 Å². The van der Waals surface area contributed by atoms with Gasteiger partial charge in [0.05, 0.1) is 19.4 Å². The predicted octanol–water partition coefficient (Wildman–Crippen LogP) is 4.09. The highest BCUT2D eigenvalue weighted by Crippen LogP contribution is 2.56. The molecule has 0 aliphatic carbocycles. The van der Waals surface area contributed by atoms with Crippen molar-refractivity contribution in [2.24, 2.45) is 4.99 Å². The molecule has 1 N–H and O–H groups in total. The first-order valence-electron chi connectivity index (χ1n) is 11.7. The second-order valence-electron chi connectivity index (χ2n) is 8.69. The maximum atomic E-state index is 12.9. The van der Waals surface area contributed by atoms with Crippen LogP contribution in [0.2, 0.25) is 0 Å². The molecule has 4 heterocycles. The summed E-state index contributed by atoms with van der Waals surface area (Å²) < 4.78 is 6.38. The fourth-order valence-corrected chi connectivity index (χ4v) is 9.22. The van der Waals surface area contributed by atoms with Gasteiger partial charge in [-0.2, -0.15) is 0 Å². The molecule has 1 amide bonds. The number of hydrogen-bond acceptors (Lipinski definition) is 6. The minimum Gasteiger partial charge on any atom is -0.465 e. The van der Waals surface area contributed by atoms with Gasteiger partial charge >= 0.3 is 5.97 Å². The lowest BCUT2D eigenvalue weighted by atomic mass is 9.97. The quantitative estimate of drug-likeness (QED) is 0.321. The smallest absolute Gasteiger partial charge is 0.345 e. The van der Waals surface area contributed by atoms with Gasteiger partial charge in [0.15, 0.2) is 0 Å². The summed E-state index contributed by atoms with van der Waals surface area (Å²) in [7, 11) is 0.606. The molecular formula is C23H35N3O3S2. The molecule has 4 rings (SSSR count). The fourth-order valence-electron chi connectivity index (χ4n) is 5.00. The molecule has 0 spiro atoms. The maximum Gasteiger partial charge on any atom is 0.345 e. The third-order valence-corrected chi connectivity index (χ3v) is 10.6. The Hall–Kier alpha value is -1.41. The number of methoxy groups -OCH3 is 1. The number of hydrogen-bond donors (Lipinski definition) is 2. The second kappa shape index (κ2) is 10.5. The Kier molecular flexibility index (Phi) is 7.69. The van der Waals surface area contributed by atoms with Crippen LogP contribution in [-0.2, 0) is 14.3 Å². The molecular weight excluding hydrogens is 430 g/mol. The molecule has 3 atom stereocenters. The van der Waals surface area contributed by atoms with Crippen LogP contribution in [-0.4, -0.2) is 59.2 Å². The molecule has 0 aromatic heterocycles. The molecule has 0 aromatic carbocycles. The number of esters is 1. The van der Waals surface area contributed by atoms with E-state index in [0.717, 1.165) is 65.9 Å². The zero-order valence-electron chi connectivity index (χ0n) is 18.7. The highest BCUT2D eigenvalue weighted by Gasteiger charge is 2.39. The predicted molar refractivity (Wildman–Crippen MR) is 131 cm³/mol. The van der Waals surface area contributed by atoms with Gasteiger partial charge in [-0.25, -0.2) is 4.79 Å². The minimum absolute atomic E-state index is 0.225. The van der Waals surface area contributed by atoms with Crippen molar-refractivity contribution in [3.05, 3.63) is 21.6 Å². The Balaban J connectivity index is 1.55. The molecule has 0 aromatic rings. The van der Waals surface area contributed by atoms with Crippen LogP contribution in [0.1, 0.15) is 64.7 Å². The van der Waals surface area contributed by atoms with Gasteiger partial charge < -0.3 is 15.0 Å². The van der Waals surface area contributed by atoms with Crippen molar-refractivity contribution < 1.29 is 14.3 Å². The first-order chi connectivity index (χ1) is 15.1. The van der Waals surface area contributed by atoms with Gasteiger partial charge in [-0.3, -0.25) is 9.79 Å². The summed E-state index contributed by atoms with van der Waals surface area (Å²) in [6.07, 6.45) is 11.6. The van der Waals surface area contributed by atoms with Gasteiger partial charge in [-0.15, -0.1) is 10.9 Å². The van der Waals surface area contributed by atoms with Gasteiger partial charge in [0, 0.05) is 30.8 Å². The third kappa shape index (κ3) is 5.00. The molecule has 8 heteroatoms. The van der Waals surface area contributed by atoms with E-state index in [9.17, 15) is 9.59 Å². The zero-order valence-corrected chi connectivity index (χ0v) is 20.4. The van der Waals surface area contributed by atoms with E-state index < -0.39 is 10.9 Å². The van der Waals surface area contributed by atoms with Gasteiger partial charge in [-0.05, 0) is 43.1 Å². The number of thiol groups is 1. The van der Waals surface area contributed by atoms with Crippen molar-refractivity contribution >= 4 is 38.9 Å². The summed E-state index contributed by atoms with van der Waals surface area (Å²) >= 11 is 1.80. The number of amides is 1. The van der Waals surface area contributed by atoms with Gasteiger partial charge in [0.2, 0.25) is 5.91 Å². The van der Waals surface area contributed by atoms with Crippen LogP contribution in [0.15, 0.2) is 26.6 Å². The van der Waals surface area contributed by atoms with E-state index in [1.165, 1.54) is 31.3 Å². The van der Waals surface area contributed by atoms with Crippen molar-refractivity contribution in [1.29, 1.82) is 0 Å². The molecule has 4 aliphatic heterocycles. The van der Waals surface area contributed by atoms with Crippen LogP contribution in [0.4, 0.5) is 0 Å². The number of nitrogens with zero attached hydrogens (tertiary/aromatic N) is 2. The number of allylic oxidation sites excluding steroid dienone is 2. The number of unbranched alkanes of at least 4 members (excludes halogenated alkanes) is 3. The Bertz CT molecular complexity index is 808. The maximum absolute atomic E-state index is 12.9. The molecule has 172 valence electrons. The number of piperidine rings is 1. The lowest BCUT2D eigenvalue weighted by Gasteiger charge is -2.36. The van der Waals surface area contributed by atoms with E-state index in [0.29, 0.717) is 18.4 Å². The standard InChI is InChI=1S/C23H35N3O3S2/c1-3-4-5-6-7-18-15-19(21(22(28)29-2)31(18)23-24-11-13-30-23)25-16-10-12-26-17(14-16)8-9-20(26)27/h15-17,25,31H,3-14H2,1-2H3. The largest absolute Gasteiger partial charge is 0.465 e. The minimum atomic E-state index is -0.872. The van der Waals surface area contributed by atoms with E-state index in [-0.39, 0.29) is 12.0 Å². The number of aliphatic imine (C=N–C) groups is 1. The number of carbonyl (C=O) groups excluding carboxylic acids is 2. The van der Waals surface area contributed by atoms with Crippen molar-refractivity contribution in [2.75, 3.05) is 26.0 Å². The summed E-state index contributed by atoms with van der Waals surface area (Å²) in [5.74, 6) is 1.08. The number of nitrogens with one attached hydrogen (secondary N) is 1. The molecule has 4 aliphatic rings. The Morgan fingerprint density at radius 3 is 2.97 bits per heavy atom. The Morgan fingerprint density at radius 2 is 2.23 bits per heavy atom. The summed E-state index contributed by atoms with van der Waals surface area (Å²) in [6.45, 7) is 3.88. The van der Waals surface area contributed by atoms with E-state index in [4.69, 9.17) is 9.73 Å². The van der Waals surface area contributed by atoms with Crippen LogP contribution in [0.5, 0.6) is 0 Å². The molecule has 2 fully saturated rings. The van der Waals surface area contributed by atoms with E-state index in [2.05, 4.69) is 18.3 Å². The van der Waals surface area contributed by atoms with Crippen LogP contribution in [0.25, 0.3) is 0 Å². The third-order valence-electron chi connectivity index (χ3n) is 6.59. The van der Waals surface area contributed by atoms with Crippen molar-refractivity contribution in [1.82, 2.24) is 10.2 Å². The number of ether oxygens (including phenoxy) is 1. The van der Waals surface area contributed by atoms with Crippen molar-refractivity contribution in [3.63, 3.8) is 0 Å². The summed E-state index contributed by atoms with van der Waals surface area (Å²) in [5, 5.41) is 3.71. The van der Waals surface area contributed by atoms with Crippen LogP contribution in [0.3, 0.4) is 0 Å². The average molecular weight is 466 g/mol. The first kappa shape index (κ1) is 22.8. The molecule has 0 bridgehead atoms. The van der Waals surface area contributed by atoms with Crippen LogP contribution >= 0.6 is 22.7 Å². The lowest BCUT2D eigenvalue weighted by Crippen LogP contribution is -2.46. The SMILES string of the molecule is CCCCCCC1=CC(NC2CCN3C(=O)CCC3C2)=C(C(=O)OC)[SH]1C1=NCCS1. The average Bonchev–Trinajstić information content (AvgIpc) is 3.50. The van der Waals surface area contributed by atoms with Crippen LogP contribution in [0, 0.1) is 0 Å². The normalized spacial score (nSPS) is 29.2. The highest BCUT2D eigenvalue weighted by atomic mass is 32.2. The van der Waals surface area contributed by atoms with Crippen LogP contribution < -0.4 is 5.32 Å². The molecule has 2 saturated heterocycles. The summed E-state index contributed by atoms with van der Waals surface area (Å²) in [5.41, 5.74) is 0.946. The second-order valence-corrected chi connectivity index (χ2v) is 12.2. The number of fused-ring (bicyclic) bond motifs is 1. The summed E-state index contributed by atoms with van der Waals surface area (Å²) in [4.78, 5) is 33.9. The Labute approximate surface area is 192 Å². The van der Waals surface area contributed by atoms with Crippen molar-refractivity contribution in [2.45, 2.75) is 76.8 Å². The van der Waals surface area contributed by atoms with Gasteiger partial charge in [-0.1, -0.05) is 37.9 Å². The molecule has 6 nitrogen and oxygen atoms in total. The highest BCUT2D eigenvalue weighted by molar-refractivity contribution is 8.51.